The number of hydrogen-bond donors (Lipinski definition) is 1. The van der Waals surface area contributed by atoms with Gasteiger partial charge < -0.3 is 14.6 Å². The molecule has 0 spiro atoms. The Balaban J connectivity index is 1.57. The first-order chi connectivity index (χ1) is 11.6. The van der Waals surface area contributed by atoms with Crippen LogP contribution in [0.5, 0.6) is 5.75 Å². The van der Waals surface area contributed by atoms with Crippen molar-refractivity contribution in [1.29, 1.82) is 0 Å². The molecule has 1 N–H and O–H groups in total. The Morgan fingerprint density at radius 2 is 1.92 bits per heavy atom. The van der Waals surface area contributed by atoms with Gasteiger partial charge >= 0.3 is 0 Å². The fraction of sp³-hybridized carbons (Fsp3) is 0.222. The van der Waals surface area contributed by atoms with Gasteiger partial charge in [0.1, 0.15) is 23.7 Å². The summed E-state index contributed by atoms with van der Waals surface area (Å²) in [5.74, 6) is 1.36. The van der Waals surface area contributed by atoms with E-state index in [2.05, 4.69) is 10.4 Å². The minimum Gasteiger partial charge on any atom is -0.492 e. The van der Waals surface area contributed by atoms with Gasteiger partial charge in [0.15, 0.2) is 0 Å². The Morgan fingerprint density at radius 3 is 2.62 bits per heavy atom. The lowest BCUT2D eigenvalue weighted by atomic mass is 10.2. The summed E-state index contributed by atoms with van der Waals surface area (Å²) in [6.45, 7) is 2.86. The maximum Gasteiger partial charge on any atom is 0.256 e. The van der Waals surface area contributed by atoms with Crippen molar-refractivity contribution < 1.29 is 9.53 Å². The Labute approximate surface area is 140 Å². The molecule has 2 aromatic heterocycles. The summed E-state index contributed by atoms with van der Waals surface area (Å²) < 4.78 is 9.16. The van der Waals surface area contributed by atoms with Crippen molar-refractivity contribution in [3.8, 4) is 11.6 Å². The second-order valence-electron chi connectivity index (χ2n) is 5.51. The third-order valence-corrected chi connectivity index (χ3v) is 3.68. The standard InChI is InChI=1S/C18H20N4O2/c1-14-5-7-15(8-6-14)24-12-9-19-17(23)16-13-20-21(2)18(16)22-10-3-4-11-22/h3-8,10-11,13H,9,12H2,1-2H3,(H,19,23). The number of nitrogens with one attached hydrogen (secondary N) is 1. The van der Waals surface area contributed by atoms with Crippen LogP contribution in [0.25, 0.3) is 5.82 Å². The second-order valence-corrected chi connectivity index (χ2v) is 5.51. The highest BCUT2D eigenvalue weighted by atomic mass is 16.5. The van der Waals surface area contributed by atoms with Crippen LogP contribution in [0.4, 0.5) is 0 Å². The first kappa shape index (κ1) is 15.9. The summed E-state index contributed by atoms with van der Waals surface area (Å²) in [5, 5.41) is 7.05. The molecule has 2 heterocycles. The van der Waals surface area contributed by atoms with Crippen molar-refractivity contribution in [2.75, 3.05) is 13.2 Å². The van der Waals surface area contributed by atoms with E-state index in [0.717, 1.165) is 11.6 Å². The fourth-order valence-electron chi connectivity index (χ4n) is 2.44. The van der Waals surface area contributed by atoms with E-state index < -0.39 is 0 Å². The van der Waals surface area contributed by atoms with Crippen molar-refractivity contribution in [1.82, 2.24) is 19.7 Å². The lowest BCUT2D eigenvalue weighted by Gasteiger charge is -2.09. The van der Waals surface area contributed by atoms with Crippen LogP contribution in [-0.2, 0) is 7.05 Å². The van der Waals surface area contributed by atoms with Crippen LogP contribution in [-0.4, -0.2) is 33.4 Å². The molecule has 0 atom stereocenters. The van der Waals surface area contributed by atoms with Gasteiger partial charge in [-0.25, -0.2) is 0 Å². The van der Waals surface area contributed by atoms with Crippen LogP contribution in [0, 0.1) is 6.92 Å². The van der Waals surface area contributed by atoms with E-state index in [-0.39, 0.29) is 5.91 Å². The SMILES string of the molecule is Cc1ccc(OCCNC(=O)c2cnn(C)c2-n2cccc2)cc1. The van der Waals surface area contributed by atoms with Crippen LogP contribution in [0.15, 0.2) is 55.0 Å². The largest absolute Gasteiger partial charge is 0.492 e. The highest BCUT2D eigenvalue weighted by Crippen LogP contribution is 2.14. The molecule has 0 unspecified atom stereocenters. The zero-order valence-corrected chi connectivity index (χ0v) is 13.8. The van der Waals surface area contributed by atoms with Crippen molar-refractivity contribution >= 4 is 5.91 Å². The predicted molar refractivity (Wildman–Crippen MR) is 91.5 cm³/mol. The molecule has 0 fully saturated rings. The third kappa shape index (κ3) is 3.48. The van der Waals surface area contributed by atoms with Gasteiger partial charge in [-0.1, -0.05) is 17.7 Å². The van der Waals surface area contributed by atoms with Crippen molar-refractivity contribution in [3.05, 3.63) is 66.1 Å². The lowest BCUT2D eigenvalue weighted by molar-refractivity contribution is 0.0947. The van der Waals surface area contributed by atoms with Gasteiger partial charge in [-0.15, -0.1) is 0 Å². The van der Waals surface area contributed by atoms with Crippen LogP contribution < -0.4 is 10.1 Å². The molecule has 1 aromatic carbocycles. The summed E-state index contributed by atoms with van der Waals surface area (Å²) >= 11 is 0. The van der Waals surface area contributed by atoms with Gasteiger partial charge in [-0.3, -0.25) is 9.48 Å². The number of aryl methyl sites for hydroxylation is 2. The molecule has 0 saturated carbocycles. The molecular weight excluding hydrogens is 304 g/mol. The van der Waals surface area contributed by atoms with Gasteiger partial charge in [0.05, 0.1) is 12.7 Å². The van der Waals surface area contributed by atoms with Crippen LogP contribution in [0.1, 0.15) is 15.9 Å². The van der Waals surface area contributed by atoms with E-state index in [1.165, 1.54) is 5.56 Å². The number of ether oxygens (including phenoxy) is 1. The van der Waals surface area contributed by atoms with Gasteiger partial charge in [-0.05, 0) is 31.2 Å². The summed E-state index contributed by atoms with van der Waals surface area (Å²) in [6, 6.07) is 11.6. The highest BCUT2D eigenvalue weighted by molar-refractivity contribution is 5.97. The zero-order chi connectivity index (χ0) is 16.9. The Hall–Kier alpha value is -3.02. The topological polar surface area (TPSA) is 61.1 Å². The second kappa shape index (κ2) is 7.04. The van der Waals surface area contributed by atoms with E-state index in [1.807, 2.05) is 67.3 Å². The number of rotatable bonds is 6. The number of amides is 1. The molecule has 3 rings (SSSR count). The molecule has 0 aliphatic rings. The summed E-state index contributed by atoms with van der Waals surface area (Å²) in [5.41, 5.74) is 1.72. The predicted octanol–water partition coefficient (Wildman–Crippen LogP) is 2.33. The third-order valence-electron chi connectivity index (χ3n) is 3.68. The number of carbonyl (C=O) groups is 1. The Morgan fingerprint density at radius 1 is 1.21 bits per heavy atom. The van der Waals surface area contributed by atoms with Gasteiger partial charge in [-0.2, -0.15) is 5.10 Å². The van der Waals surface area contributed by atoms with Crippen LogP contribution in [0.2, 0.25) is 0 Å². The number of carbonyl (C=O) groups excluding carboxylic acids is 1. The number of hydrogen-bond acceptors (Lipinski definition) is 3. The van der Waals surface area contributed by atoms with Crippen molar-refractivity contribution in [2.45, 2.75) is 6.92 Å². The molecule has 3 aromatic rings. The monoisotopic (exact) mass is 324 g/mol. The highest BCUT2D eigenvalue weighted by Gasteiger charge is 2.16. The number of benzene rings is 1. The molecule has 6 heteroatoms. The van der Waals surface area contributed by atoms with Crippen LogP contribution in [0.3, 0.4) is 0 Å². The molecule has 1 amide bonds. The Kier molecular flexibility index (Phi) is 4.65. The minimum atomic E-state index is -0.167. The van der Waals surface area contributed by atoms with Gasteiger partial charge in [0.25, 0.3) is 5.91 Å². The fourth-order valence-corrected chi connectivity index (χ4v) is 2.44. The first-order valence-electron chi connectivity index (χ1n) is 7.78. The van der Waals surface area contributed by atoms with E-state index in [0.29, 0.717) is 18.7 Å². The Bertz CT molecular complexity index is 804. The maximum absolute atomic E-state index is 12.4. The molecule has 0 aliphatic carbocycles. The quantitative estimate of drug-likeness (QED) is 0.708. The number of aromatic nitrogens is 3. The molecule has 0 saturated heterocycles. The molecule has 0 aliphatic heterocycles. The average Bonchev–Trinajstić information content (AvgIpc) is 3.22. The van der Waals surface area contributed by atoms with E-state index in [4.69, 9.17) is 4.74 Å². The normalized spacial score (nSPS) is 10.6. The first-order valence-corrected chi connectivity index (χ1v) is 7.78. The molecular formula is C18H20N4O2. The van der Waals surface area contributed by atoms with E-state index >= 15 is 0 Å². The molecule has 124 valence electrons. The molecule has 0 bridgehead atoms. The van der Waals surface area contributed by atoms with Crippen LogP contribution >= 0.6 is 0 Å². The number of nitrogens with zero attached hydrogens (tertiary/aromatic N) is 3. The average molecular weight is 324 g/mol. The zero-order valence-electron chi connectivity index (χ0n) is 13.8. The van der Waals surface area contributed by atoms with Crippen molar-refractivity contribution in [3.63, 3.8) is 0 Å². The smallest absolute Gasteiger partial charge is 0.256 e. The molecule has 24 heavy (non-hydrogen) atoms. The van der Waals surface area contributed by atoms with E-state index in [9.17, 15) is 4.79 Å². The van der Waals surface area contributed by atoms with Gasteiger partial charge in [0, 0.05) is 19.4 Å². The molecule has 6 nitrogen and oxygen atoms in total. The minimum absolute atomic E-state index is 0.167. The van der Waals surface area contributed by atoms with Gasteiger partial charge in [0.2, 0.25) is 0 Å². The summed E-state index contributed by atoms with van der Waals surface area (Å²) in [7, 11) is 1.81. The maximum atomic E-state index is 12.4. The summed E-state index contributed by atoms with van der Waals surface area (Å²) in [6.07, 6.45) is 5.34. The van der Waals surface area contributed by atoms with Crippen molar-refractivity contribution in [2.24, 2.45) is 7.05 Å². The summed E-state index contributed by atoms with van der Waals surface area (Å²) in [4.78, 5) is 12.4. The molecule has 0 radical (unpaired) electrons. The lowest BCUT2D eigenvalue weighted by Crippen LogP contribution is -2.28. The van der Waals surface area contributed by atoms with E-state index in [1.54, 1.807) is 10.9 Å².